The molecule has 3 heteroatoms. The maximum atomic E-state index is 6.36. The van der Waals surface area contributed by atoms with Crippen LogP contribution >= 0.6 is 0 Å². The number of furan rings is 1. The van der Waals surface area contributed by atoms with Crippen molar-refractivity contribution in [1.82, 2.24) is 9.13 Å². The van der Waals surface area contributed by atoms with E-state index in [1.165, 1.54) is 49.2 Å². The van der Waals surface area contributed by atoms with Gasteiger partial charge >= 0.3 is 0 Å². The molecule has 0 amide bonds. The van der Waals surface area contributed by atoms with Crippen LogP contribution in [0.25, 0.3) is 99.2 Å². The average molecular weight is 651 g/mol. The Morgan fingerprint density at radius 1 is 0.294 bits per heavy atom. The lowest BCUT2D eigenvalue weighted by atomic mass is 9.97. The minimum Gasteiger partial charge on any atom is -0.456 e. The SMILES string of the molecule is c1ccc(-c2cc(-c3cccc(-n4c5ccccc5c5ccccc54)c3)cc(-n3c4ccccc4c4c5c(ccc43)oc3ccccc35)c2)cc1. The summed E-state index contributed by atoms with van der Waals surface area (Å²) in [4.78, 5) is 0. The summed E-state index contributed by atoms with van der Waals surface area (Å²) in [7, 11) is 0. The van der Waals surface area contributed by atoms with Crippen LogP contribution in [-0.2, 0) is 0 Å². The zero-order chi connectivity index (χ0) is 33.5. The highest BCUT2D eigenvalue weighted by Gasteiger charge is 2.20. The van der Waals surface area contributed by atoms with Crippen molar-refractivity contribution in [3.05, 3.63) is 182 Å². The molecular weight excluding hydrogens is 621 g/mol. The second-order valence-corrected chi connectivity index (χ2v) is 13.3. The number of aromatic nitrogens is 2. The molecule has 3 heterocycles. The molecule has 11 rings (SSSR count). The van der Waals surface area contributed by atoms with Crippen LogP contribution in [0.5, 0.6) is 0 Å². The molecule has 238 valence electrons. The van der Waals surface area contributed by atoms with E-state index in [9.17, 15) is 0 Å². The third kappa shape index (κ3) is 4.19. The summed E-state index contributed by atoms with van der Waals surface area (Å²) in [5.41, 5.74) is 13.5. The predicted molar refractivity (Wildman–Crippen MR) is 213 cm³/mol. The van der Waals surface area contributed by atoms with Crippen molar-refractivity contribution in [3.8, 4) is 33.6 Å². The van der Waals surface area contributed by atoms with Crippen molar-refractivity contribution < 1.29 is 4.42 Å². The van der Waals surface area contributed by atoms with Crippen molar-refractivity contribution in [2.75, 3.05) is 0 Å². The molecule has 3 nitrogen and oxygen atoms in total. The average Bonchev–Trinajstić information content (AvgIpc) is 3.86. The van der Waals surface area contributed by atoms with Crippen LogP contribution in [0.4, 0.5) is 0 Å². The molecule has 0 radical (unpaired) electrons. The summed E-state index contributed by atoms with van der Waals surface area (Å²) >= 11 is 0. The van der Waals surface area contributed by atoms with E-state index < -0.39 is 0 Å². The molecule has 0 aliphatic heterocycles. The van der Waals surface area contributed by atoms with E-state index in [-0.39, 0.29) is 0 Å². The first-order chi connectivity index (χ1) is 25.3. The first kappa shape index (κ1) is 28.0. The van der Waals surface area contributed by atoms with E-state index >= 15 is 0 Å². The second kappa shape index (κ2) is 10.8. The van der Waals surface area contributed by atoms with Gasteiger partial charge in [-0.05, 0) is 89.0 Å². The zero-order valence-electron chi connectivity index (χ0n) is 27.6. The molecule has 0 unspecified atom stereocenters. The van der Waals surface area contributed by atoms with Gasteiger partial charge in [0.25, 0.3) is 0 Å². The highest BCUT2D eigenvalue weighted by atomic mass is 16.3. The first-order valence-electron chi connectivity index (χ1n) is 17.4. The van der Waals surface area contributed by atoms with Crippen molar-refractivity contribution in [2.24, 2.45) is 0 Å². The van der Waals surface area contributed by atoms with Gasteiger partial charge < -0.3 is 13.6 Å². The number of rotatable bonds is 4. The number of nitrogens with zero attached hydrogens (tertiary/aromatic N) is 2. The Morgan fingerprint density at radius 2 is 0.843 bits per heavy atom. The van der Waals surface area contributed by atoms with Crippen LogP contribution in [0.2, 0.25) is 0 Å². The molecule has 51 heavy (non-hydrogen) atoms. The van der Waals surface area contributed by atoms with E-state index in [0.717, 1.165) is 50.0 Å². The summed E-state index contributed by atoms with van der Waals surface area (Å²) in [5.74, 6) is 0. The fourth-order valence-corrected chi connectivity index (χ4v) is 8.28. The van der Waals surface area contributed by atoms with Crippen LogP contribution in [0.15, 0.2) is 186 Å². The van der Waals surface area contributed by atoms with Crippen molar-refractivity contribution >= 4 is 65.6 Å². The minimum absolute atomic E-state index is 0.909. The molecule has 11 aromatic rings. The van der Waals surface area contributed by atoms with E-state index in [1.54, 1.807) is 0 Å². The largest absolute Gasteiger partial charge is 0.456 e. The van der Waals surface area contributed by atoms with Crippen LogP contribution in [0, 0.1) is 0 Å². The van der Waals surface area contributed by atoms with Crippen LogP contribution in [-0.4, -0.2) is 9.13 Å². The van der Waals surface area contributed by atoms with Crippen LogP contribution in [0.3, 0.4) is 0 Å². The van der Waals surface area contributed by atoms with E-state index in [0.29, 0.717) is 0 Å². The Kier molecular flexibility index (Phi) is 5.96. The zero-order valence-corrected chi connectivity index (χ0v) is 27.6. The topological polar surface area (TPSA) is 23.0 Å². The number of hydrogen-bond acceptors (Lipinski definition) is 1. The van der Waals surface area contributed by atoms with E-state index in [2.05, 4.69) is 185 Å². The molecule has 8 aromatic carbocycles. The summed E-state index contributed by atoms with van der Waals surface area (Å²) in [6.07, 6.45) is 0. The maximum Gasteiger partial charge on any atom is 0.136 e. The third-order valence-electron chi connectivity index (χ3n) is 10.5. The molecule has 0 fully saturated rings. The van der Waals surface area contributed by atoms with Gasteiger partial charge in [0.15, 0.2) is 0 Å². The number of hydrogen-bond donors (Lipinski definition) is 0. The molecule has 0 atom stereocenters. The first-order valence-corrected chi connectivity index (χ1v) is 17.4. The van der Waals surface area contributed by atoms with Gasteiger partial charge in [0.2, 0.25) is 0 Å². The lowest BCUT2D eigenvalue weighted by Crippen LogP contribution is -1.97. The lowest BCUT2D eigenvalue weighted by molar-refractivity contribution is 0.669. The highest BCUT2D eigenvalue weighted by Crippen LogP contribution is 2.42. The van der Waals surface area contributed by atoms with Gasteiger partial charge in [-0.3, -0.25) is 0 Å². The summed E-state index contributed by atoms with van der Waals surface area (Å²) in [6.45, 7) is 0. The molecule has 0 saturated heterocycles. The Labute approximate surface area is 293 Å². The summed E-state index contributed by atoms with van der Waals surface area (Å²) in [6, 6.07) is 65.6. The molecule has 3 aromatic heterocycles. The smallest absolute Gasteiger partial charge is 0.136 e. The van der Waals surface area contributed by atoms with Crippen molar-refractivity contribution in [1.29, 1.82) is 0 Å². The van der Waals surface area contributed by atoms with Gasteiger partial charge in [-0.2, -0.15) is 0 Å². The normalized spacial score (nSPS) is 11.9. The maximum absolute atomic E-state index is 6.36. The number of benzene rings is 8. The Hall–Kier alpha value is -6.84. The molecule has 0 bridgehead atoms. The van der Waals surface area contributed by atoms with E-state index in [1.807, 2.05) is 6.07 Å². The number of fused-ring (bicyclic) bond motifs is 10. The Bertz CT molecular complexity index is 3090. The standard InChI is InChI=1S/C48H30N2O/c1-2-13-31(14-3-1)33-27-34(32-15-12-16-35(28-32)49-41-21-8-4-17-37(41)38-18-5-9-22-42(38)49)30-36(29-33)50-43-23-10-6-19-39(43)47-44(50)25-26-46-48(47)40-20-7-11-24-45(40)51-46/h1-30H. The monoisotopic (exact) mass is 650 g/mol. The Morgan fingerprint density at radius 3 is 1.59 bits per heavy atom. The quantitative estimate of drug-likeness (QED) is 0.186. The van der Waals surface area contributed by atoms with Gasteiger partial charge in [0.05, 0.1) is 22.1 Å². The van der Waals surface area contributed by atoms with Gasteiger partial charge in [0, 0.05) is 43.7 Å². The third-order valence-corrected chi connectivity index (χ3v) is 10.5. The van der Waals surface area contributed by atoms with E-state index in [4.69, 9.17) is 4.42 Å². The van der Waals surface area contributed by atoms with Crippen molar-refractivity contribution in [2.45, 2.75) is 0 Å². The van der Waals surface area contributed by atoms with Gasteiger partial charge in [0.1, 0.15) is 11.2 Å². The molecular formula is C48H30N2O. The fourth-order valence-electron chi connectivity index (χ4n) is 8.28. The van der Waals surface area contributed by atoms with Crippen molar-refractivity contribution in [3.63, 3.8) is 0 Å². The summed E-state index contributed by atoms with van der Waals surface area (Å²) in [5, 5.41) is 7.26. The molecule has 0 N–H and O–H groups in total. The predicted octanol–water partition coefficient (Wildman–Crippen LogP) is 13.1. The van der Waals surface area contributed by atoms with Gasteiger partial charge in [-0.25, -0.2) is 0 Å². The van der Waals surface area contributed by atoms with Gasteiger partial charge in [-0.15, -0.1) is 0 Å². The van der Waals surface area contributed by atoms with Crippen LogP contribution < -0.4 is 0 Å². The second-order valence-electron chi connectivity index (χ2n) is 13.3. The molecule has 0 saturated carbocycles. The lowest BCUT2D eigenvalue weighted by Gasteiger charge is -2.15. The minimum atomic E-state index is 0.909. The van der Waals surface area contributed by atoms with Gasteiger partial charge in [-0.1, -0.05) is 115 Å². The highest BCUT2D eigenvalue weighted by molar-refractivity contribution is 6.27. The van der Waals surface area contributed by atoms with Crippen LogP contribution in [0.1, 0.15) is 0 Å². The molecule has 0 spiro atoms. The Balaban J connectivity index is 1.18. The molecule has 0 aliphatic rings. The number of para-hydroxylation sites is 4. The molecule has 0 aliphatic carbocycles. The fraction of sp³-hybridized carbons (Fsp3) is 0. The summed E-state index contributed by atoms with van der Waals surface area (Å²) < 4.78 is 11.2.